The molecule has 0 amide bonds. The number of hydrogen-bond acceptors (Lipinski definition) is 4. The maximum Gasteiger partial charge on any atom is 0.162 e. The number of hydrogen-bond donors (Lipinski definition) is 2. The van der Waals surface area contributed by atoms with Crippen molar-refractivity contribution in [1.82, 2.24) is 0 Å². The largest absolute Gasteiger partial charge is 0.504 e. The van der Waals surface area contributed by atoms with Crippen LogP contribution < -0.4 is 14.8 Å². The Labute approximate surface area is 116 Å². The molecule has 0 aliphatic rings. The van der Waals surface area contributed by atoms with Crippen LogP contribution in [0.5, 0.6) is 17.2 Å². The fourth-order valence-electron chi connectivity index (χ4n) is 1.88. The molecule has 5 heteroatoms. The molecule has 0 aliphatic carbocycles. The van der Waals surface area contributed by atoms with Crippen LogP contribution in [0.3, 0.4) is 0 Å². The summed E-state index contributed by atoms with van der Waals surface area (Å²) in [5.74, 6) is 0.544. The molecule has 0 spiro atoms. The molecule has 0 saturated carbocycles. The summed E-state index contributed by atoms with van der Waals surface area (Å²) in [6.45, 7) is 0.366. The van der Waals surface area contributed by atoms with Gasteiger partial charge in [-0.25, -0.2) is 4.39 Å². The molecule has 0 heterocycles. The van der Waals surface area contributed by atoms with Gasteiger partial charge in [0.25, 0.3) is 0 Å². The van der Waals surface area contributed by atoms with Crippen LogP contribution in [0.1, 0.15) is 5.56 Å². The topological polar surface area (TPSA) is 50.7 Å². The average Bonchev–Trinajstić information content (AvgIpc) is 2.47. The second kappa shape index (κ2) is 6.14. The Bertz CT molecular complexity index is 602. The van der Waals surface area contributed by atoms with Gasteiger partial charge in [-0.2, -0.15) is 0 Å². The number of phenolic OH excluding ortho intramolecular Hbond substituents is 1. The van der Waals surface area contributed by atoms with Crippen molar-refractivity contribution >= 4 is 5.69 Å². The molecule has 0 aliphatic heterocycles. The van der Waals surface area contributed by atoms with Crippen molar-refractivity contribution in [1.29, 1.82) is 0 Å². The Balaban J connectivity index is 2.17. The third kappa shape index (κ3) is 2.93. The number of aromatic hydroxyl groups is 1. The summed E-state index contributed by atoms with van der Waals surface area (Å²) in [4.78, 5) is 0. The zero-order chi connectivity index (χ0) is 14.5. The smallest absolute Gasteiger partial charge is 0.162 e. The van der Waals surface area contributed by atoms with Gasteiger partial charge < -0.3 is 19.9 Å². The van der Waals surface area contributed by atoms with E-state index in [-0.39, 0.29) is 11.6 Å². The van der Waals surface area contributed by atoms with Gasteiger partial charge in [-0.1, -0.05) is 12.1 Å². The first-order valence-electron chi connectivity index (χ1n) is 6.08. The second-order valence-corrected chi connectivity index (χ2v) is 4.17. The molecule has 106 valence electrons. The molecule has 2 N–H and O–H groups in total. The number of rotatable bonds is 5. The van der Waals surface area contributed by atoms with Gasteiger partial charge in [-0.3, -0.25) is 0 Å². The first-order chi connectivity index (χ1) is 9.65. The third-order valence-corrected chi connectivity index (χ3v) is 2.94. The summed E-state index contributed by atoms with van der Waals surface area (Å²) in [6, 6.07) is 9.48. The standard InChI is InChI=1S/C15H16FNO3/c1-19-13-5-3-4-10(15(13)18)9-17-12-7-6-11(16)8-14(12)20-2/h3-8,17-18H,9H2,1-2H3. The van der Waals surface area contributed by atoms with E-state index in [1.54, 1.807) is 24.3 Å². The van der Waals surface area contributed by atoms with Crippen LogP contribution in [-0.4, -0.2) is 19.3 Å². The number of phenols is 1. The quantitative estimate of drug-likeness (QED) is 0.881. The van der Waals surface area contributed by atoms with Gasteiger partial charge in [0.15, 0.2) is 11.5 Å². The number of halogens is 1. The summed E-state index contributed by atoms with van der Waals surface area (Å²) in [5, 5.41) is 13.1. The van der Waals surface area contributed by atoms with E-state index in [1.165, 1.54) is 26.4 Å². The highest BCUT2D eigenvalue weighted by Crippen LogP contribution is 2.31. The maximum atomic E-state index is 13.1. The van der Waals surface area contributed by atoms with Crippen LogP contribution in [0.15, 0.2) is 36.4 Å². The molecule has 0 radical (unpaired) electrons. The normalized spacial score (nSPS) is 10.2. The molecule has 0 bridgehead atoms. The van der Waals surface area contributed by atoms with Gasteiger partial charge in [0.1, 0.15) is 11.6 Å². The van der Waals surface area contributed by atoms with E-state index in [0.29, 0.717) is 29.3 Å². The third-order valence-electron chi connectivity index (χ3n) is 2.94. The summed E-state index contributed by atoms with van der Waals surface area (Å²) < 4.78 is 23.2. The molecule has 0 saturated heterocycles. The lowest BCUT2D eigenvalue weighted by Gasteiger charge is -2.13. The first kappa shape index (κ1) is 14.0. The van der Waals surface area contributed by atoms with Crippen LogP contribution >= 0.6 is 0 Å². The molecule has 0 aromatic heterocycles. The van der Waals surface area contributed by atoms with E-state index in [2.05, 4.69) is 5.32 Å². The van der Waals surface area contributed by atoms with E-state index < -0.39 is 0 Å². The minimum atomic E-state index is -0.364. The van der Waals surface area contributed by atoms with E-state index in [9.17, 15) is 9.50 Å². The number of methoxy groups -OCH3 is 2. The molecule has 0 atom stereocenters. The molecular formula is C15H16FNO3. The van der Waals surface area contributed by atoms with Crippen molar-refractivity contribution in [2.24, 2.45) is 0 Å². The zero-order valence-corrected chi connectivity index (χ0v) is 11.3. The molecule has 0 fully saturated rings. The Hall–Kier alpha value is -2.43. The van der Waals surface area contributed by atoms with Gasteiger partial charge in [-0.15, -0.1) is 0 Å². The molecule has 4 nitrogen and oxygen atoms in total. The maximum absolute atomic E-state index is 13.1. The van der Waals surface area contributed by atoms with Gasteiger partial charge in [0.05, 0.1) is 19.9 Å². The minimum Gasteiger partial charge on any atom is -0.504 e. The van der Waals surface area contributed by atoms with Crippen LogP contribution in [0.4, 0.5) is 10.1 Å². The van der Waals surface area contributed by atoms with E-state index in [1.807, 2.05) is 0 Å². The van der Waals surface area contributed by atoms with Gasteiger partial charge in [0.2, 0.25) is 0 Å². The highest BCUT2D eigenvalue weighted by atomic mass is 19.1. The molecular weight excluding hydrogens is 261 g/mol. The summed E-state index contributed by atoms with van der Waals surface area (Å²) in [5.41, 5.74) is 1.33. The molecule has 20 heavy (non-hydrogen) atoms. The fourth-order valence-corrected chi connectivity index (χ4v) is 1.88. The Kier molecular flexibility index (Phi) is 4.30. The number of benzene rings is 2. The lowest BCUT2D eigenvalue weighted by Crippen LogP contribution is -2.02. The Morgan fingerprint density at radius 1 is 1.10 bits per heavy atom. The van der Waals surface area contributed by atoms with Crippen molar-refractivity contribution in [2.45, 2.75) is 6.54 Å². The summed E-state index contributed by atoms with van der Waals surface area (Å²) in [6.07, 6.45) is 0. The van der Waals surface area contributed by atoms with Crippen LogP contribution in [0.2, 0.25) is 0 Å². The number of nitrogens with one attached hydrogen (secondary N) is 1. The predicted molar refractivity (Wildman–Crippen MR) is 74.9 cm³/mol. The van der Waals surface area contributed by atoms with Crippen LogP contribution in [0.25, 0.3) is 0 Å². The highest BCUT2D eigenvalue weighted by Gasteiger charge is 2.09. The lowest BCUT2D eigenvalue weighted by atomic mass is 10.1. The fraction of sp³-hybridized carbons (Fsp3) is 0.200. The first-order valence-corrected chi connectivity index (χ1v) is 6.08. The Morgan fingerprint density at radius 2 is 1.85 bits per heavy atom. The van der Waals surface area contributed by atoms with Crippen LogP contribution in [0, 0.1) is 5.82 Å². The Morgan fingerprint density at radius 3 is 2.55 bits per heavy atom. The van der Waals surface area contributed by atoms with Gasteiger partial charge in [-0.05, 0) is 18.2 Å². The average molecular weight is 277 g/mol. The van der Waals surface area contributed by atoms with E-state index in [4.69, 9.17) is 9.47 Å². The monoisotopic (exact) mass is 277 g/mol. The van der Waals surface area contributed by atoms with Crippen molar-refractivity contribution < 1.29 is 19.0 Å². The summed E-state index contributed by atoms with van der Waals surface area (Å²) >= 11 is 0. The molecule has 0 unspecified atom stereocenters. The number of para-hydroxylation sites is 1. The van der Waals surface area contributed by atoms with Crippen molar-refractivity contribution in [3.05, 3.63) is 47.8 Å². The van der Waals surface area contributed by atoms with Crippen molar-refractivity contribution in [2.75, 3.05) is 19.5 Å². The number of anilines is 1. The van der Waals surface area contributed by atoms with Crippen molar-refractivity contribution in [3.63, 3.8) is 0 Å². The summed E-state index contributed by atoms with van der Waals surface area (Å²) in [7, 11) is 2.97. The van der Waals surface area contributed by atoms with E-state index >= 15 is 0 Å². The molecule has 2 aromatic rings. The highest BCUT2D eigenvalue weighted by molar-refractivity contribution is 5.57. The predicted octanol–water partition coefficient (Wildman–Crippen LogP) is 3.16. The number of ether oxygens (including phenoxy) is 2. The van der Waals surface area contributed by atoms with E-state index in [0.717, 1.165) is 0 Å². The van der Waals surface area contributed by atoms with Gasteiger partial charge in [0, 0.05) is 18.2 Å². The lowest BCUT2D eigenvalue weighted by molar-refractivity contribution is 0.371. The van der Waals surface area contributed by atoms with Gasteiger partial charge >= 0.3 is 0 Å². The zero-order valence-electron chi connectivity index (χ0n) is 11.3. The van der Waals surface area contributed by atoms with Crippen molar-refractivity contribution in [3.8, 4) is 17.2 Å². The van der Waals surface area contributed by atoms with Crippen LogP contribution in [-0.2, 0) is 6.54 Å². The SMILES string of the molecule is COc1cc(F)ccc1NCc1cccc(OC)c1O. The molecule has 2 aromatic carbocycles. The molecule has 2 rings (SSSR count). The minimum absolute atomic E-state index is 0.0866. The second-order valence-electron chi connectivity index (χ2n) is 4.17.